The minimum absolute atomic E-state index is 0.248. The molecule has 4 heteroatoms. The molecule has 1 aliphatic rings. The zero-order valence-electron chi connectivity index (χ0n) is 10.7. The molecule has 1 saturated heterocycles. The van der Waals surface area contributed by atoms with E-state index in [0.29, 0.717) is 12.1 Å². The lowest BCUT2D eigenvalue weighted by molar-refractivity contribution is 0.0709. The van der Waals surface area contributed by atoms with Crippen molar-refractivity contribution in [3.63, 3.8) is 0 Å². The van der Waals surface area contributed by atoms with E-state index in [1.54, 1.807) is 7.11 Å². The molecule has 96 valence electrons. The topological polar surface area (TPSA) is 62.3 Å². The zero-order valence-corrected chi connectivity index (χ0v) is 10.7. The van der Waals surface area contributed by atoms with Crippen molar-refractivity contribution in [3.05, 3.63) is 29.8 Å². The van der Waals surface area contributed by atoms with Crippen LogP contribution in [0.3, 0.4) is 0 Å². The maximum Gasteiger partial charge on any atom is 0.101 e. The average Bonchev–Trinajstić information content (AvgIpc) is 2.46. The number of benzene rings is 1. The van der Waals surface area contributed by atoms with Crippen LogP contribution in [0.4, 0.5) is 5.69 Å². The molecule has 1 fully saturated rings. The van der Waals surface area contributed by atoms with Crippen LogP contribution in [0.1, 0.15) is 18.4 Å². The summed E-state index contributed by atoms with van der Waals surface area (Å²) in [5, 5.41) is 9.17. The average molecular weight is 245 g/mol. The Hall–Kier alpha value is -1.57. The fraction of sp³-hybridized carbons (Fsp3) is 0.500. The Morgan fingerprint density at radius 1 is 1.50 bits per heavy atom. The first-order valence-electron chi connectivity index (χ1n) is 6.28. The summed E-state index contributed by atoms with van der Waals surface area (Å²) in [5.41, 5.74) is 7.56. The highest BCUT2D eigenvalue weighted by molar-refractivity contribution is 5.60. The molecule has 2 rings (SSSR count). The Labute approximate surface area is 108 Å². The van der Waals surface area contributed by atoms with E-state index in [2.05, 4.69) is 11.0 Å². The van der Waals surface area contributed by atoms with Gasteiger partial charge in [0, 0.05) is 26.2 Å². The van der Waals surface area contributed by atoms with Crippen molar-refractivity contribution in [2.75, 3.05) is 25.1 Å². The van der Waals surface area contributed by atoms with E-state index in [4.69, 9.17) is 10.5 Å². The summed E-state index contributed by atoms with van der Waals surface area (Å²) in [7, 11) is 1.75. The highest BCUT2D eigenvalue weighted by Crippen LogP contribution is 2.28. The molecule has 1 heterocycles. The lowest BCUT2D eigenvalue weighted by Crippen LogP contribution is -2.49. The van der Waals surface area contributed by atoms with Crippen molar-refractivity contribution < 1.29 is 4.74 Å². The number of anilines is 1. The van der Waals surface area contributed by atoms with Crippen molar-refractivity contribution in [3.8, 4) is 6.07 Å². The molecule has 1 aromatic carbocycles. The SMILES string of the molecule is COC1CCN(c2ccccc2C#N)C(CN)C1. The second-order valence-corrected chi connectivity index (χ2v) is 4.59. The summed E-state index contributed by atoms with van der Waals surface area (Å²) in [6, 6.07) is 10.2. The molecule has 4 nitrogen and oxygen atoms in total. The summed E-state index contributed by atoms with van der Waals surface area (Å²) in [6.45, 7) is 1.47. The fourth-order valence-electron chi connectivity index (χ4n) is 2.59. The molecule has 0 aromatic heterocycles. The van der Waals surface area contributed by atoms with E-state index in [9.17, 15) is 5.26 Å². The highest BCUT2D eigenvalue weighted by Gasteiger charge is 2.28. The predicted octanol–water partition coefficient (Wildman–Crippen LogP) is 1.50. The Morgan fingerprint density at radius 3 is 2.94 bits per heavy atom. The fourth-order valence-corrected chi connectivity index (χ4v) is 2.59. The first-order valence-corrected chi connectivity index (χ1v) is 6.28. The van der Waals surface area contributed by atoms with E-state index in [-0.39, 0.29) is 12.1 Å². The Bertz CT molecular complexity index is 441. The van der Waals surface area contributed by atoms with Gasteiger partial charge in [0.25, 0.3) is 0 Å². The number of piperidine rings is 1. The van der Waals surface area contributed by atoms with Crippen LogP contribution in [-0.2, 0) is 4.74 Å². The largest absolute Gasteiger partial charge is 0.381 e. The van der Waals surface area contributed by atoms with Crippen LogP contribution in [-0.4, -0.2) is 32.3 Å². The summed E-state index contributed by atoms with van der Waals surface area (Å²) < 4.78 is 5.42. The van der Waals surface area contributed by atoms with Gasteiger partial charge in [-0.25, -0.2) is 0 Å². The van der Waals surface area contributed by atoms with E-state index in [1.807, 2.05) is 24.3 Å². The van der Waals surface area contributed by atoms with E-state index in [1.165, 1.54) is 0 Å². The van der Waals surface area contributed by atoms with Gasteiger partial charge >= 0.3 is 0 Å². The molecule has 2 atom stereocenters. The van der Waals surface area contributed by atoms with Crippen molar-refractivity contribution in [2.24, 2.45) is 5.73 Å². The molecular weight excluding hydrogens is 226 g/mol. The Balaban J connectivity index is 2.24. The highest BCUT2D eigenvalue weighted by atomic mass is 16.5. The minimum Gasteiger partial charge on any atom is -0.381 e. The zero-order chi connectivity index (χ0) is 13.0. The molecule has 0 aliphatic carbocycles. The smallest absolute Gasteiger partial charge is 0.101 e. The maximum absolute atomic E-state index is 9.17. The van der Waals surface area contributed by atoms with E-state index in [0.717, 1.165) is 25.1 Å². The monoisotopic (exact) mass is 245 g/mol. The number of nitrogens with zero attached hydrogens (tertiary/aromatic N) is 2. The van der Waals surface area contributed by atoms with Gasteiger partial charge in [-0.2, -0.15) is 5.26 Å². The molecule has 0 spiro atoms. The second-order valence-electron chi connectivity index (χ2n) is 4.59. The van der Waals surface area contributed by atoms with Crippen LogP contribution in [0.15, 0.2) is 24.3 Å². The van der Waals surface area contributed by atoms with Gasteiger partial charge in [-0.15, -0.1) is 0 Å². The van der Waals surface area contributed by atoms with Gasteiger partial charge in [0.1, 0.15) is 6.07 Å². The van der Waals surface area contributed by atoms with Crippen molar-refractivity contribution in [1.29, 1.82) is 5.26 Å². The number of nitriles is 1. The summed E-state index contributed by atoms with van der Waals surface area (Å²) in [4.78, 5) is 2.24. The quantitative estimate of drug-likeness (QED) is 0.876. The third kappa shape index (κ3) is 2.47. The van der Waals surface area contributed by atoms with Gasteiger partial charge in [0.15, 0.2) is 0 Å². The number of hydrogen-bond donors (Lipinski definition) is 1. The first kappa shape index (κ1) is 12.9. The molecular formula is C14H19N3O. The number of methoxy groups -OCH3 is 1. The van der Waals surface area contributed by atoms with Gasteiger partial charge in [-0.1, -0.05) is 12.1 Å². The number of nitrogens with two attached hydrogens (primary N) is 1. The van der Waals surface area contributed by atoms with E-state index >= 15 is 0 Å². The van der Waals surface area contributed by atoms with Gasteiger partial charge in [-0.05, 0) is 25.0 Å². The third-order valence-electron chi connectivity index (χ3n) is 3.61. The molecule has 0 saturated carbocycles. The molecule has 1 aliphatic heterocycles. The summed E-state index contributed by atoms with van der Waals surface area (Å²) in [5.74, 6) is 0. The molecule has 18 heavy (non-hydrogen) atoms. The lowest BCUT2D eigenvalue weighted by Gasteiger charge is -2.40. The van der Waals surface area contributed by atoms with E-state index < -0.39 is 0 Å². The van der Waals surface area contributed by atoms with Crippen molar-refractivity contribution in [1.82, 2.24) is 0 Å². The van der Waals surface area contributed by atoms with Crippen LogP contribution < -0.4 is 10.6 Å². The maximum atomic E-state index is 9.17. The molecule has 0 amide bonds. The number of para-hydroxylation sites is 1. The second kappa shape index (κ2) is 5.85. The van der Waals surface area contributed by atoms with Crippen LogP contribution in [0.2, 0.25) is 0 Å². The standard InChI is InChI=1S/C14H19N3O/c1-18-13-6-7-17(12(8-13)10-16)14-5-3-2-4-11(14)9-15/h2-5,12-13H,6-8,10,16H2,1H3. The van der Waals surface area contributed by atoms with Crippen LogP contribution in [0.5, 0.6) is 0 Å². The summed E-state index contributed by atoms with van der Waals surface area (Å²) in [6.07, 6.45) is 2.18. The van der Waals surface area contributed by atoms with Crippen LogP contribution in [0, 0.1) is 11.3 Å². The van der Waals surface area contributed by atoms with Crippen LogP contribution >= 0.6 is 0 Å². The number of ether oxygens (including phenoxy) is 1. The molecule has 2 unspecified atom stereocenters. The molecule has 1 aromatic rings. The predicted molar refractivity (Wildman–Crippen MR) is 71.4 cm³/mol. The minimum atomic E-state index is 0.248. The van der Waals surface area contributed by atoms with Gasteiger partial charge in [-0.3, -0.25) is 0 Å². The van der Waals surface area contributed by atoms with Crippen molar-refractivity contribution >= 4 is 5.69 Å². The number of rotatable bonds is 3. The summed E-state index contributed by atoms with van der Waals surface area (Å²) >= 11 is 0. The molecule has 0 bridgehead atoms. The van der Waals surface area contributed by atoms with Gasteiger partial charge in [0.2, 0.25) is 0 Å². The Kier molecular flexibility index (Phi) is 4.19. The Morgan fingerprint density at radius 2 is 2.28 bits per heavy atom. The third-order valence-corrected chi connectivity index (χ3v) is 3.61. The van der Waals surface area contributed by atoms with Gasteiger partial charge in [0.05, 0.1) is 17.4 Å². The van der Waals surface area contributed by atoms with Crippen molar-refractivity contribution in [2.45, 2.75) is 25.0 Å². The first-order chi connectivity index (χ1) is 8.80. The lowest BCUT2D eigenvalue weighted by atomic mass is 9.97. The molecule has 2 N–H and O–H groups in total. The number of hydrogen-bond acceptors (Lipinski definition) is 4. The molecule has 0 radical (unpaired) electrons. The van der Waals surface area contributed by atoms with Crippen LogP contribution in [0.25, 0.3) is 0 Å². The normalized spacial score (nSPS) is 23.7. The van der Waals surface area contributed by atoms with Gasteiger partial charge < -0.3 is 15.4 Å².